The summed E-state index contributed by atoms with van der Waals surface area (Å²) >= 11 is 0. The number of hydrogen-bond donors (Lipinski definition) is 5. The fraction of sp³-hybridized carbons (Fsp3) is 0.462. The number of nitrogens with zero attached hydrogens (tertiary/aromatic N) is 3. The van der Waals surface area contributed by atoms with Gasteiger partial charge in [-0.2, -0.15) is 18.2 Å². The van der Waals surface area contributed by atoms with Gasteiger partial charge in [0.15, 0.2) is 5.96 Å². The number of H-pyrrole nitrogens is 1. The Balaban J connectivity index is 0.000000304. The van der Waals surface area contributed by atoms with Crippen LogP contribution in [0.4, 0.5) is 13.2 Å². The number of aliphatic imine (C=N–C) groups is 1. The number of hydrogen-bond acceptors (Lipinski definition) is 5. The minimum Gasteiger partial charge on any atom is -0.370 e. The van der Waals surface area contributed by atoms with Crippen LogP contribution in [-0.2, 0) is 23.4 Å². The van der Waals surface area contributed by atoms with Crippen molar-refractivity contribution in [1.29, 1.82) is 0 Å². The monoisotopic (exact) mass is 708 g/mol. The first-order chi connectivity index (χ1) is 23.7. The van der Waals surface area contributed by atoms with E-state index in [-0.39, 0.29) is 34.6 Å². The lowest BCUT2D eigenvalue weighted by Gasteiger charge is -2.22. The van der Waals surface area contributed by atoms with Gasteiger partial charge >= 0.3 is 11.9 Å². The number of rotatable bonds is 12. The van der Waals surface area contributed by atoms with Gasteiger partial charge in [0.05, 0.1) is 17.3 Å². The Hall–Kier alpha value is -4.42. The quantitative estimate of drug-likeness (QED) is 0.0456. The number of fused-ring (bicyclic) bond motifs is 1. The van der Waals surface area contributed by atoms with Crippen molar-refractivity contribution in [2.75, 3.05) is 13.1 Å². The van der Waals surface area contributed by atoms with Crippen LogP contribution in [0.5, 0.6) is 0 Å². The van der Waals surface area contributed by atoms with Crippen LogP contribution in [0.2, 0.25) is 0 Å². The Bertz CT molecular complexity index is 1790. The van der Waals surface area contributed by atoms with Crippen molar-refractivity contribution >= 4 is 17.0 Å². The molecular weight excluding hydrogens is 653 g/mol. The largest absolute Gasteiger partial charge is 0.416 e. The molecule has 0 saturated heterocycles. The Morgan fingerprint density at radius 1 is 1.00 bits per heavy atom. The van der Waals surface area contributed by atoms with Crippen molar-refractivity contribution in [2.45, 2.75) is 103 Å². The smallest absolute Gasteiger partial charge is 0.370 e. The van der Waals surface area contributed by atoms with E-state index >= 15 is 0 Å². The van der Waals surface area contributed by atoms with Crippen LogP contribution >= 0.6 is 0 Å². The molecule has 0 aliphatic heterocycles. The summed E-state index contributed by atoms with van der Waals surface area (Å²) in [5, 5.41) is 4.32. The molecule has 2 aromatic carbocycles. The average Bonchev–Trinajstić information content (AvgIpc) is 3.45. The van der Waals surface area contributed by atoms with Crippen LogP contribution in [0.1, 0.15) is 102 Å². The Morgan fingerprint density at radius 3 is 2.20 bits per heavy atom. The zero-order valence-electron chi connectivity index (χ0n) is 31.0. The lowest BCUT2D eigenvalue weighted by Crippen LogP contribution is -2.24. The molecule has 0 spiro atoms. The van der Waals surface area contributed by atoms with Gasteiger partial charge in [-0.15, -0.1) is 6.58 Å². The number of nitrogens with two attached hydrogens (primary N) is 3. The zero-order chi connectivity index (χ0) is 38.1. The van der Waals surface area contributed by atoms with Crippen LogP contribution in [0.25, 0.3) is 16.7 Å². The first-order valence-electron chi connectivity index (χ1n) is 17.3. The maximum atomic E-state index is 13.0. The maximum absolute atomic E-state index is 13.0. The maximum Gasteiger partial charge on any atom is 0.416 e. The zero-order valence-corrected chi connectivity index (χ0v) is 31.0. The van der Waals surface area contributed by atoms with Crippen molar-refractivity contribution in [2.24, 2.45) is 22.2 Å². The average molecular weight is 709 g/mol. The summed E-state index contributed by atoms with van der Waals surface area (Å²) in [5.74, 6) is 0.105. The summed E-state index contributed by atoms with van der Waals surface area (Å²) in [6.45, 7) is 19.3. The van der Waals surface area contributed by atoms with Crippen molar-refractivity contribution in [3.8, 4) is 5.69 Å². The highest BCUT2D eigenvalue weighted by molar-refractivity contribution is 5.76. The molecular formula is C39H55F3N8O. The van der Waals surface area contributed by atoms with E-state index in [1.807, 2.05) is 76.4 Å². The van der Waals surface area contributed by atoms with E-state index in [1.54, 1.807) is 4.57 Å². The minimum atomic E-state index is -4.29. The Kier molecular flexibility index (Phi) is 13.8. The first kappa shape index (κ1) is 41.0. The van der Waals surface area contributed by atoms with Crippen LogP contribution in [0.3, 0.4) is 0 Å². The number of benzene rings is 2. The number of aryl methyl sites for hydroxylation is 1. The van der Waals surface area contributed by atoms with E-state index in [0.717, 1.165) is 59.3 Å². The number of aromatic nitrogens is 3. The molecule has 9 nitrogen and oxygen atoms in total. The number of aromatic amines is 1. The number of nitrogens with one attached hydrogen (secondary N) is 2. The van der Waals surface area contributed by atoms with Gasteiger partial charge in [-0.25, -0.2) is 4.79 Å². The van der Waals surface area contributed by atoms with Crippen molar-refractivity contribution in [3.05, 3.63) is 106 Å². The molecule has 12 heteroatoms. The van der Waals surface area contributed by atoms with Gasteiger partial charge in [-0.3, -0.25) is 9.56 Å². The molecule has 2 heterocycles. The summed E-state index contributed by atoms with van der Waals surface area (Å²) in [5.41, 5.74) is 20.1. The summed E-state index contributed by atoms with van der Waals surface area (Å²) in [7, 11) is 0. The van der Waals surface area contributed by atoms with Gasteiger partial charge in [0.25, 0.3) is 0 Å². The molecule has 0 saturated carbocycles. The van der Waals surface area contributed by atoms with Gasteiger partial charge < -0.3 is 27.5 Å². The third-order valence-corrected chi connectivity index (χ3v) is 8.39. The molecule has 4 rings (SSSR count). The highest BCUT2D eigenvalue weighted by Gasteiger charge is 2.32. The predicted molar refractivity (Wildman–Crippen MR) is 203 cm³/mol. The molecule has 0 unspecified atom stereocenters. The fourth-order valence-corrected chi connectivity index (χ4v) is 5.37. The Morgan fingerprint density at radius 2 is 1.65 bits per heavy atom. The normalized spacial score (nSPS) is 13.3. The van der Waals surface area contributed by atoms with Gasteiger partial charge in [-0.1, -0.05) is 65.8 Å². The van der Waals surface area contributed by atoms with Crippen molar-refractivity contribution < 1.29 is 13.2 Å². The molecule has 8 N–H and O–H groups in total. The molecule has 0 aliphatic carbocycles. The topological polar surface area (TPSA) is 153 Å². The van der Waals surface area contributed by atoms with Crippen LogP contribution in [-0.4, -0.2) is 39.6 Å². The lowest BCUT2D eigenvalue weighted by atomic mass is 9.84. The summed E-state index contributed by atoms with van der Waals surface area (Å²) in [6, 6.07) is 14.3. The number of alkyl halides is 3. The highest BCUT2D eigenvalue weighted by atomic mass is 19.4. The highest BCUT2D eigenvalue weighted by Crippen LogP contribution is 2.34. The standard InChI is InChI=1S/C23H31N7O.C16H24F3N/c1-5-18(26-11-6-12-27-21(24)25)15-7-9-17(10-8-15)30-14-16-13-19(23(2,3)4)28-20(16)29-22(30)31;1-11(20)6-5-7-12-8-13(15(2,3)4)10-14(9-12)16(17,18)19/h5,7-10,13-14,18,26H,1,6,11-12H2,2-4H3,(H4,24,25,27)(H,28,29,31);8-11H,5-7,20H2,1-4H3/t18-;11-/m00/s1. The predicted octanol–water partition coefficient (Wildman–Crippen LogP) is 7.16. The number of guanidine groups is 1. The van der Waals surface area contributed by atoms with E-state index < -0.39 is 11.7 Å². The van der Waals surface area contributed by atoms with Gasteiger partial charge in [-0.05, 0) is 91.6 Å². The third kappa shape index (κ3) is 12.4. The van der Waals surface area contributed by atoms with E-state index in [9.17, 15) is 18.0 Å². The van der Waals surface area contributed by atoms with Gasteiger partial charge in [0.2, 0.25) is 0 Å². The molecule has 0 bridgehead atoms. The van der Waals surface area contributed by atoms with Gasteiger partial charge in [0.1, 0.15) is 5.65 Å². The first-order valence-corrected chi connectivity index (χ1v) is 17.3. The molecule has 0 amide bonds. The number of halogens is 3. The summed E-state index contributed by atoms with van der Waals surface area (Å²) < 4.78 is 40.5. The van der Waals surface area contributed by atoms with E-state index in [4.69, 9.17) is 17.2 Å². The second-order valence-electron chi connectivity index (χ2n) is 15.1. The SMILES string of the molecule is C=C[C@H](NCCCN=C(N)N)c1ccc(-n2cc3cc(C(C)(C)C)[nH]c3nc2=O)cc1.C[C@H](N)CCCc1cc(C(C)(C)C)cc(C(F)(F)F)c1. The second-order valence-corrected chi connectivity index (χ2v) is 15.1. The summed E-state index contributed by atoms with van der Waals surface area (Å²) in [4.78, 5) is 24.0. The minimum absolute atomic E-state index is 0.00963. The lowest BCUT2D eigenvalue weighted by molar-refractivity contribution is -0.137. The van der Waals surface area contributed by atoms with E-state index in [1.165, 1.54) is 12.1 Å². The van der Waals surface area contributed by atoms with Crippen LogP contribution in [0, 0.1) is 0 Å². The molecule has 278 valence electrons. The summed E-state index contributed by atoms with van der Waals surface area (Å²) in [6.07, 6.45) is 2.46. The van der Waals surface area contributed by atoms with Crippen molar-refractivity contribution in [3.63, 3.8) is 0 Å². The van der Waals surface area contributed by atoms with E-state index in [2.05, 4.69) is 47.6 Å². The second kappa shape index (κ2) is 17.2. The van der Waals surface area contributed by atoms with Crippen molar-refractivity contribution in [1.82, 2.24) is 19.9 Å². The van der Waals surface area contributed by atoms with Gasteiger partial charge in [0, 0.05) is 35.3 Å². The molecule has 4 aromatic rings. The molecule has 0 aliphatic rings. The molecule has 0 radical (unpaired) electrons. The molecule has 2 atom stereocenters. The fourth-order valence-electron chi connectivity index (χ4n) is 5.37. The van der Waals surface area contributed by atoms with Crippen LogP contribution in [0.15, 0.2) is 77.2 Å². The molecule has 51 heavy (non-hydrogen) atoms. The van der Waals surface area contributed by atoms with E-state index in [0.29, 0.717) is 18.6 Å². The van der Waals surface area contributed by atoms with Crippen LogP contribution < -0.4 is 28.2 Å². The molecule has 2 aromatic heterocycles. The Labute approximate surface area is 299 Å². The molecule has 0 fully saturated rings. The third-order valence-electron chi connectivity index (χ3n) is 8.39.